The molecule has 9 nitrogen and oxygen atoms in total. The first kappa shape index (κ1) is 22.2. The third-order valence-electron chi connectivity index (χ3n) is 6.03. The fourth-order valence-electron chi connectivity index (χ4n) is 4.29. The first-order valence-corrected chi connectivity index (χ1v) is 10.8. The number of aromatic nitrogens is 4. The fourth-order valence-corrected chi connectivity index (χ4v) is 4.29. The number of anilines is 1. The van der Waals surface area contributed by atoms with Crippen LogP contribution in [-0.4, -0.2) is 67.5 Å². The van der Waals surface area contributed by atoms with E-state index in [2.05, 4.69) is 15.3 Å². The van der Waals surface area contributed by atoms with E-state index in [1.807, 2.05) is 49.1 Å². The van der Waals surface area contributed by atoms with Crippen molar-refractivity contribution in [2.45, 2.75) is 58.2 Å². The second kappa shape index (κ2) is 9.99. The predicted octanol–water partition coefficient (Wildman–Crippen LogP) is 1.12. The number of benzene rings is 1. The van der Waals surface area contributed by atoms with Crippen LogP contribution < -0.4 is 10.6 Å². The number of carbonyl (C=O) groups excluding carboxylic acids is 1. The largest absolute Gasteiger partial charge is 0.396 e. The minimum atomic E-state index is -0.401. The van der Waals surface area contributed by atoms with Crippen LogP contribution in [0.25, 0.3) is 0 Å². The van der Waals surface area contributed by atoms with E-state index in [4.69, 9.17) is 0 Å². The molecule has 0 spiro atoms. The number of aryl methyl sites for hydroxylation is 1. The molecule has 1 fully saturated rings. The molecule has 164 valence electrons. The van der Waals surface area contributed by atoms with Crippen LogP contribution in [-0.2, 0) is 17.9 Å². The molecule has 0 saturated carbocycles. The van der Waals surface area contributed by atoms with Gasteiger partial charge in [-0.05, 0) is 48.7 Å². The minimum Gasteiger partial charge on any atom is -0.396 e. The minimum absolute atomic E-state index is 0.0375. The number of hydrogen-bond acceptors (Lipinski definition) is 6. The predicted molar refractivity (Wildman–Crippen MR) is 114 cm³/mol. The van der Waals surface area contributed by atoms with Gasteiger partial charge in [0.15, 0.2) is 0 Å². The Morgan fingerprint density at radius 2 is 1.77 bits per heavy atom. The molecule has 1 aromatic carbocycles. The van der Waals surface area contributed by atoms with Gasteiger partial charge in [0, 0.05) is 44.9 Å². The summed E-state index contributed by atoms with van der Waals surface area (Å²) in [6.07, 6.45) is 2.50. The number of amides is 1. The molecule has 0 atom stereocenters. The smallest absolute Gasteiger partial charge is 0.363 e. The Hall–Kier alpha value is -2.52. The molecule has 0 radical (unpaired) electrons. The molecule has 30 heavy (non-hydrogen) atoms. The van der Waals surface area contributed by atoms with Gasteiger partial charge in [0.2, 0.25) is 5.91 Å². The molecule has 0 aliphatic carbocycles. The number of likely N-dealkylation sites (tertiary alicyclic amines) is 1. The van der Waals surface area contributed by atoms with Gasteiger partial charge in [0.05, 0.1) is 12.1 Å². The Labute approximate surface area is 176 Å². The maximum atomic E-state index is 12.9. The van der Waals surface area contributed by atoms with E-state index in [9.17, 15) is 14.7 Å². The third-order valence-corrected chi connectivity index (χ3v) is 6.03. The lowest BCUT2D eigenvalue weighted by molar-refractivity contribution is -0.120. The van der Waals surface area contributed by atoms with Crippen molar-refractivity contribution in [3.63, 3.8) is 0 Å². The van der Waals surface area contributed by atoms with Crippen molar-refractivity contribution in [1.29, 1.82) is 0 Å². The monoisotopic (exact) mass is 416 g/mol. The topological polar surface area (TPSA) is 96.5 Å². The van der Waals surface area contributed by atoms with E-state index in [1.165, 1.54) is 9.36 Å². The maximum Gasteiger partial charge on any atom is 0.363 e. The van der Waals surface area contributed by atoms with Crippen molar-refractivity contribution in [3.8, 4) is 0 Å². The summed E-state index contributed by atoms with van der Waals surface area (Å²) in [4.78, 5) is 29.3. The van der Waals surface area contributed by atoms with E-state index in [0.29, 0.717) is 32.5 Å². The first-order valence-electron chi connectivity index (χ1n) is 10.8. The van der Waals surface area contributed by atoms with Crippen LogP contribution in [0.5, 0.6) is 0 Å². The molecule has 3 rings (SSSR count). The zero-order chi connectivity index (χ0) is 21.6. The standard InChI is InChI=1S/C21H32N6O3/c1-3-19(29)27(18-8-6-5-7-9-18)21(12-17-28)10-13-24(14-11-21)15-16-26-20(30)25(4-2)22-23-26/h5-9,28H,3-4,10-17H2,1-2H3. The zero-order valence-electron chi connectivity index (χ0n) is 17.9. The number of aliphatic hydroxyl groups excluding tert-OH is 1. The highest BCUT2D eigenvalue weighted by Gasteiger charge is 2.42. The van der Waals surface area contributed by atoms with E-state index in [0.717, 1.165) is 31.6 Å². The van der Waals surface area contributed by atoms with E-state index in [1.54, 1.807) is 0 Å². The van der Waals surface area contributed by atoms with Crippen molar-refractivity contribution in [2.75, 3.05) is 31.1 Å². The van der Waals surface area contributed by atoms with E-state index < -0.39 is 5.54 Å². The second-order valence-electron chi connectivity index (χ2n) is 7.76. The average molecular weight is 417 g/mol. The zero-order valence-corrected chi connectivity index (χ0v) is 17.9. The van der Waals surface area contributed by atoms with Crippen LogP contribution >= 0.6 is 0 Å². The molecule has 1 aromatic heterocycles. The van der Waals surface area contributed by atoms with Gasteiger partial charge in [-0.25, -0.2) is 4.79 Å². The molecule has 1 amide bonds. The van der Waals surface area contributed by atoms with Crippen LogP contribution in [0.2, 0.25) is 0 Å². The molecular formula is C21H32N6O3. The van der Waals surface area contributed by atoms with Crippen LogP contribution in [0, 0.1) is 0 Å². The van der Waals surface area contributed by atoms with Crippen molar-refractivity contribution in [2.24, 2.45) is 0 Å². The maximum absolute atomic E-state index is 12.9. The number of tetrazole rings is 1. The summed E-state index contributed by atoms with van der Waals surface area (Å²) < 4.78 is 2.74. The summed E-state index contributed by atoms with van der Waals surface area (Å²) in [5, 5.41) is 17.6. The Morgan fingerprint density at radius 1 is 1.10 bits per heavy atom. The van der Waals surface area contributed by atoms with Crippen LogP contribution in [0.3, 0.4) is 0 Å². The molecule has 0 unspecified atom stereocenters. The molecule has 0 bridgehead atoms. The van der Waals surface area contributed by atoms with Crippen molar-refractivity contribution < 1.29 is 9.90 Å². The summed E-state index contributed by atoms with van der Waals surface area (Å²) in [6.45, 7) is 7.05. The Balaban J connectivity index is 1.71. The number of piperidine rings is 1. The van der Waals surface area contributed by atoms with Gasteiger partial charge in [-0.15, -0.1) is 0 Å². The highest BCUT2D eigenvalue weighted by molar-refractivity contribution is 5.94. The Morgan fingerprint density at radius 3 is 2.33 bits per heavy atom. The van der Waals surface area contributed by atoms with Gasteiger partial charge >= 0.3 is 5.69 Å². The molecule has 2 aromatic rings. The van der Waals surface area contributed by atoms with Gasteiger partial charge in [-0.3, -0.25) is 4.79 Å². The molecule has 1 N–H and O–H groups in total. The van der Waals surface area contributed by atoms with Crippen molar-refractivity contribution >= 4 is 11.6 Å². The summed E-state index contributed by atoms with van der Waals surface area (Å²) >= 11 is 0. The lowest BCUT2D eigenvalue weighted by Gasteiger charge is -2.49. The number of para-hydroxylation sites is 1. The van der Waals surface area contributed by atoms with Crippen LogP contribution in [0.1, 0.15) is 39.5 Å². The molecule has 9 heteroatoms. The highest BCUT2D eigenvalue weighted by atomic mass is 16.3. The lowest BCUT2D eigenvalue weighted by atomic mass is 9.82. The Kier molecular flexibility index (Phi) is 7.38. The summed E-state index contributed by atoms with van der Waals surface area (Å²) in [5.74, 6) is 0.0748. The molecule has 1 aliphatic rings. The SMILES string of the molecule is CCC(=O)N(c1ccccc1)C1(CCO)CCN(CCn2nnn(CC)c2=O)CC1. The lowest BCUT2D eigenvalue weighted by Crippen LogP contribution is -2.58. The number of aliphatic hydroxyl groups is 1. The van der Waals surface area contributed by atoms with Crippen LogP contribution in [0.4, 0.5) is 5.69 Å². The van der Waals surface area contributed by atoms with Crippen molar-refractivity contribution in [1.82, 2.24) is 24.7 Å². The van der Waals surface area contributed by atoms with Crippen LogP contribution in [0.15, 0.2) is 35.1 Å². The van der Waals surface area contributed by atoms with E-state index >= 15 is 0 Å². The average Bonchev–Trinajstić information content (AvgIpc) is 3.13. The van der Waals surface area contributed by atoms with Gasteiger partial charge < -0.3 is 14.9 Å². The summed E-state index contributed by atoms with van der Waals surface area (Å²) in [7, 11) is 0. The van der Waals surface area contributed by atoms with Gasteiger partial charge in [0.25, 0.3) is 0 Å². The quantitative estimate of drug-likeness (QED) is 0.658. The molecule has 2 heterocycles. The third kappa shape index (κ3) is 4.62. The normalized spacial score (nSPS) is 16.5. The number of nitrogens with zero attached hydrogens (tertiary/aromatic N) is 6. The molecular weight excluding hydrogens is 384 g/mol. The van der Waals surface area contributed by atoms with E-state index in [-0.39, 0.29) is 18.2 Å². The summed E-state index contributed by atoms with van der Waals surface area (Å²) in [6, 6.07) is 9.74. The number of carbonyl (C=O) groups is 1. The van der Waals surface area contributed by atoms with Gasteiger partial charge in [0.1, 0.15) is 0 Å². The van der Waals surface area contributed by atoms with Gasteiger partial charge in [-0.2, -0.15) is 9.36 Å². The fraction of sp³-hybridized carbons (Fsp3) is 0.619. The molecule has 1 saturated heterocycles. The highest BCUT2D eigenvalue weighted by Crippen LogP contribution is 2.36. The van der Waals surface area contributed by atoms with Gasteiger partial charge in [-0.1, -0.05) is 25.1 Å². The first-order chi connectivity index (χ1) is 14.5. The Bertz CT molecular complexity index is 870. The second-order valence-corrected chi connectivity index (χ2v) is 7.76. The summed E-state index contributed by atoms with van der Waals surface area (Å²) in [5.41, 5.74) is 0.295. The number of hydrogen-bond donors (Lipinski definition) is 1. The molecule has 1 aliphatic heterocycles. The van der Waals surface area contributed by atoms with Crippen molar-refractivity contribution in [3.05, 3.63) is 40.8 Å². The number of rotatable bonds is 9.